The van der Waals surface area contributed by atoms with Crippen LogP contribution >= 0.6 is 0 Å². The van der Waals surface area contributed by atoms with Gasteiger partial charge < -0.3 is 9.32 Å². The van der Waals surface area contributed by atoms with Gasteiger partial charge in [-0.1, -0.05) is 133 Å². The minimum absolute atomic E-state index is 0.896. The summed E-state index contributed by atoms with van der Waals surface area (Å²) in [5.41, 5.74) is 15.4. The fourth-order valence-corrected chi connectivity index (χ4v) is 8.53. The largest absolute Gasteiger partial charge is 0.455 e. The van der Waals surface area contributed by atoms with Crippen molar-refractivity contribution in [1.82, 2.24) is 0 Å². The third-order valence-electron chi connectivity index (χ3n) is 11.1. The third-order valence-corrected chi connectivity index (χ3v) is 11.1. The Labute approximate surface area is 307 Å². The predicted octanol–water partition coefficient (Wildman–Crippen LogP) is 14.3. The molecule has 1 heterocycles. The summed E-state index contributed by atoms with van der Waals surface area (Å²) in [6, 6.07) is 68.1. The number of benzene rings is 9. The number of para-hydroxylation sites is 1. The van der Waals surface area contributed by atoms with Crippen molar-refractivity contribution in [3.8, 4) is 33.4 Å². The maximum Gasteiger partial charge on any atom is 0.143 e. The van der Waals surface area contributed by atoms with Crippen LogP contribution in [0.4, 0.5) is 17.1 Å². The summed E-state index contributed by atoms with van der Waals surface area (Å²) in [6.07, 6.45) is 0.930. The second-order valence-corrected chi connectivity index (χ2v) is 14.1. The smallest absolute Gasteiger partial charge is 0.143 e. The number of furan rings is 1. The van der Waals surface area contributed by atoms with Crippen LogP contribution in [0, 0.1) is 0 Å². The van der Waals surface area contributed by atoms with Gasteiger partial charge in [0, 0.05) is 34.0 Å². The highest BCUT2D eigenvalue weighted by Crippen LogP contribution is 2.46. The fourth-order valence-electron chi connectivity index (χ4n) is 8.53. The quantitative estimate of drug-likeness (QED) is 0.181. The van der Waals surface area contributed by atoms with Crippen LogP contribution in [-0.2, 0) is 6.42 Å². The Kier molecular flexibility index (Phi) is 6.65. The number of anilines is 3. The normalized spacial score (nSPS) is 12.1. The summed E-state index contributed by atoms with van der Waals surface area (Å²) in [4.78, 5) is 2.40. The van der Waals surface area contributed by atoms with Gasteiger partial charge in [-0.05, 0) is 115 Å². The SMILES string of the molecule is c1ccc(N(c2ccc(-c3ccc4c(c3)oc3c5ccccc5c(-c5ccc6ccccc6c5)cc43)cc2)c2cccc3c2Cc2ccccc2-3)cc1. The molecule has 0 unspecified atom stereocenters. The molecule has 2 nitrogen and oxygen atoms in total. The van der Waals surface area contributed by atoms with Gasteiger partial charge in [-0.2, -0.15) is 0 Å². The van der Waals surface area contributed by atoms with Crippen LogP contribution in [0.2, 0.25) is 0 Å². The molecule has 9 aromatic carbocycles. The average Bonchev–Trinajstić information content (AvgIpc) is 3.80. The highest BCUT2D eigenvalue weighted by Gasteiger charge is 2.25. The van der Waals surface area contributed by atoms with Gasteiger partial charge in [0.1, 0.15) is 11.2 Å². The van der Waals surface area contributed by atoms with Crippen LogP contribution < -0.4 is 4.90 Å². The van der Waals surface area contributed by atoms with Gasteiger partial charge in [0.05, 0.1) is 5.69 Å². The Morgan fingerprint density at radius 3 is 1.98 bits per heavy atom. The van der Waals surface area contributed by atoms with Crippen LogP contribution in [0.5, 0.6) is 0 Å². The van der Waals surface area contributed by atoms with E-state index in [2.05, 4.69) is 193 Å². The zero-order chi connectivity index (χ0) is 34.9. The zero-order valence-electron chi connectivity index (χ0n) is 29.0. The molecule has 248 valence electrons. The van der Waals surface area contributed by atoms with Crippen molar-refractivity contribution in [3.63, 3.8) is 0 Å². The first-order valence-electron chi connectivity index (χ1n) is 18.3. The first-order valence-corrected chi connectivity index (χ1v) is 18.3. The molecule has 0 bridgehead atoms. The predicted molar refractivity (Wildman–Crippen MR) is 223 cm³/mol. The van der Waals surface area contributed by atoms with E-state index in [1.165, 1.54) is 55.2 Å². The second kappa shape index (κ2) is 11.8. The van der Waals surface area contributed by atoms with Gasteiger partial charge in [-0.15, -0.1) is 0 Å². The second-order valence-electron chi connectivity index (χ2n) is 14.1. The van der Waals surface area contributed by atoms with E-state index in [-0.39, 0.29) is 0 Å². The molecule has 10 aromatic rings. The summed E-state index contributed by atoms with van der Waals surface area (Å²) in [6.45, 7) is 0. The van der Waals surface area contributed by atoms with E-state index in [1.54, 1.807) is 0 Å². The number of fused-ring (bicyclic) bond motifs is 9. The van der Waals surface area contributed by atoms with Gasteiger partial charge in [0.25, 0.3) is 0 Å². The van der Waals surface area contributed by atoms with E-state index in [9.17, 15) is 0 Å². The molecule has 0 amide bonds. The molecule has 0 saturated carbocycles. The number of rotatable bonds is 5. The minimum atomic E-state index is 0.896. The maximum atomic E-state index is 6.73. The first kappa shape index (κ1) is 29.8. The lowest BCUT2D eigenvalue weighted by Crippen LogP contribution is -2.12. The van der Waals surface area contributed by atoms with Crippen molar-refractivity contribution in [1.29, 1.82) is 0 Å². The average molecular weight is 676 g/mol. The molecule has 0 spiro atoms. The van der Waals surface area contributed by atoms with Crippen molar-refractivity contribution in [3.05, 3.63) is 199 Å². The van der Waals surface area contributed by atoms with E-state index in [0.717, 1.165) is 56.2 Å². The van der Waals surface area contributed by atoms with Gasteiger partial charge >= 0.3 is 0 Å². The number of nitrogens with zero attached hydrogens (tertiary/aromatic N) is 1. The van der Waals surface area contributed by atoms with Crippen LogP contribution in [-0.4, -0.2) is 0 Å². The van der Waals surface area contributed by atoms with E-state index in [0.29, 0.717) is 0 Å². The van der Waals surface area contributed by atoms with E-state index < -0.39 is 0 Å². The molecule has 0 N–H and O–H groups in total. The van der Waals surface area contributed by atoms with Crippen molar-refractivity contribution < 1.29 is 4.42 Å². The van der Waals surface area contributed by atoms with Gasteiger partial charge in [-0.25, -0.2) is 0 Å². The Morgan fingerprint density at radius 2 is 1.09 bits per heavy atom. The summed E-state index contributed by atoms with van der Waals surface area (Å²) in [7, 11) is 0. The lowest BCUT2D eigenvalue weighted by molar-refractivity contribution is 0.673. The summed E-state index contributed by atoms with van der Waals surface area (Å²) >= 11 is 0. The van der Waals surface area contributed by atoms with Crippen LogP contribution in [0.15, 0.2) is 192 Å². The van der Waals surface area contributed by atoms with E-state index in [1.807, 2.05) is 0 Å². The first-order chi connectivity index (χ1) is 26.3. The van der Waals surface area contributed by atoms with Gasteiger partial charge in [0.2, 0.25) is 0 Å². The van der Waals surface area contributed by atoms with E-state index in [4.69, 9.17) is 4.42 Å². The molecular formula is C51H33NO. The molecule has 53 heavy (non-hydrogen) atoms. The Hall–Kier alpha value is -6.90. The van der Waals surface area contributed by atoms with Crippen molar-refractivity contribution in [2.24, 2.45) is 0 Å². The van der Waals surface area contributed by atoms with Gasteiger partial charge in [0.15, 0.2) is 0 Å². The minimum Gasteiger partial charge on any atom is -0.455 e. The Morgan fingerprint density at radius 1 is 0.396 bits per heavy atom. The van der Waals surface area contributed by atoms with Crippen molar-refractivity contribution >= 4 is 60.5 Å². The molecule has 2 heteroatoms. The maximum absolute atomic E-state index is 6.73. The molecular weight excluding hydrogens is 643 g/mol. The molecule has 0 aliphatic heterocycles. The molecule has 0 atom stereocenters. The highest BCUT2D eigenvalue weighted by atomic mass is 16.3. The fraction of sp³-hybridized carbons (Fsp3) is 0.0196. The van der Waals surface area contributed by atoms with Gasteiger partial charge in [-0.3, -0.25) is 0 Å². The topological polar surface area (TPSA) is 16.4 Å². The van der Waals surface area contributed by atoms with Crippen LogP contribution in [0.1, 0.15) is 11.1 Å². The molecule has 0 radical (unpaired) electrons. The summed E-state index contributed by atoms with van der Waals surface area (Å²) in [5, 5.41) is 7.08. The highest BCUT2D eigenvalue weighted by molar-refractivity contribution is 6.19. The Balaban J connectivity index is 0.999. The lowest BCUT2D eigenvalue weighted by Gasteiger charge is -2.28. The molecule has 11 rings (SSSR count). The molecule has 1 aliphatic carbocycles. The van der Waals surface area contributed by atoms with Crippen molar-refractivity contribution in [2.45, 2.75) is 6.42 Å². The summed E-state index contributed by atoms with van der Waals surface area (Å²) in [5.74, 6) is 0. The van der Waals surface area contributed by atoms with Crippen molar-refractivity contribution in [2.75, 3.05) is 4.90 Å². The molecule has 1 aromatic heterocycles. The third kappa shape index (κ3) is 4.80. The van der Waals surface area contributed by atoms with E-state index >= 15 is 0 Å². The monoisotopic (exact) mass is 675 g/mol. The lowest BCUT2D eigenvalue weighted by atomic mass is 9.94. The standard InChI is InChI=1S/C51H33NO/c1-2-14-39(15-3-1)52(49-20-10-19-42-41-16-7-6-13-37(41)30-47(42)49)40-26-23-34(24-27-40)36-25-28-44-48-32-46(38-22-21-33-11-4-5-12-35(33)29-38)43-17-8-9-18-45(43)51(48)53-50(44)31-36/h1-29,31-32H,30H2. The zero-order valence-corrected chi connectivity index (χ0v) is 29.0. The molecule has 0 saturated heterocycles. The van der Waals surface area contributed by atoms with Crippen LogP contribution in [0.25, 0.3) is 76.9 Å². The molecule has 0 fully saturated rings. The molecule has 1 aliphatic rings. The summed E-state index contributed by atoms with van der Waals surface area (Å²) < 4.78 is 6.73. The Bertz CT molecular complexity index is 3030. The number of hydrogen-bond acceptors (Lipinski definition) is 2. The number of hydrogen-bond donors (Lipinski definition) is 0. The van der Waals surface area contributed by atoms with Crippen LogP contribution in [0.3, 0.4) is 0 Å².